The van der Waals surface area contributed by atoms with E-state index < -0.39 is 0 Å². The molecular weight excluding hydrogens is 272 g/mol. The molecule has 0 spiro atoms. The van der Waals surface area contributed by atoms with Crippen LogP contribution in [0.2, 0.25) is 0 Å². The number of ether oxygens (including phenoxy) is 1. The van der Waals surface area contributed by atoms with E-state index in [2.05, 4.69) is 15.0 Å². The molecule has 0 aromatic rings. The van der Waals surface area contributed by atoms with Crippen LogP contribution in [-0.4, -0.2) is 74.5 Å². The third-order valence-electron chi connectivity index (χ3n) is 2.99. The van der Waals surface area contributed by atoms with E-state index in [9.17, 15) is 9.59 Å². The molecule has 21 heavy (non-hydrogen) atoms. The lowest BCUT2D eigenvalue weighted by atomic mass is 10.4. The van der Waals surface area contributed by atoms with Gasteiger partial charge in [-0.15, -0.1) is 0 Å². The summed E-state index contributed by atoms with van der Waals surface area (Å²) in [5.41, 5.74) is 0. The van der Waals surface area contributed by atoms with E-state index in [0.29, 0.717) is 32.1 Å². The Balaban J connectivity index is 4.59. The highest BCUT2D eigenvalue weighted by Gasteiger charge is 2.15. The SMILES string of the molecule is CCNC(=NCCC(=O)OC)N(C)CC(=O)N(CC)CC. The summed E-state index contributed by atoms with van der Waals surface area (Å²) in [7, 11) is 3.16. The van der Waals surface area contributed by atoms with Gasteiger partial charge in [-0.05, 0) is 20.8 Å². The van der Waals surface area contributed by atoms with Crippen LogP contribution in [-0.2, 0) is 14.3 Å². The maximum absolute atomic E-state index is 12.1. The monoisotopic (exact) mass is 300 g/mol. The maximum atomic E-state index is 12.1. The van der Waals surface area contributed by atoms with Crippen LogP contribution in [0.5, 0.6) is 0 Å². The number of amides is 1. The summed E-state index contributed by atoms with van der Waals surface area (Å²) in [6.45, 7) is 8.54. The van der Waals surface area contributed by atoms with Crippen molar-refractivity contribution in [3.63, 3.8) is 0 Å². The van der Waals surface area contributed by atoms with Crippen LogP contribution in [0.4, 0.5) is 0 Å². The first kappa shape index (κ1) is 19.2. The van der Waals surface area contributed by atoms with Gasteiger partial charge < -0.3 is 19.9 Å². The average molecular weight is 300 g/mol. The first-order valence-electron chi connectivity index (χ1n) is 7.34. The van der Waals surface area contributed by atoms with Crippen molar-refractivity contribution in [2.24, 2.45) is 4.99 Å². The normalized spacial score (nSPS) is 11.0. The van der Waals surface area contributed by atoms with Crippen LogP contribution in [0, 0.1) is 0 Å². The molecule has 0 aromatic heterocycles. The zero-order valence-electron chi connectivity index (χ0n) is 13.8. The molecule has 7 heteroatoms. The predicted octanol–water partition coefficient (Wildman–Crippen LogP) is 0.315. The zero-order chi connectivity index (χ0) is 16.3. The molecule has 1 amide bonds. The van der Waals surface area contributed by atoms with Gasteiger partial charge in [0, 0.05) is 26.7 Å². The van der Waals surface area contributed by atoms with Gasteiger partial charge in [0.1, 0.15) is 0 Å². The number of nitrogens with one attached hydrogen (secondary N) is 1. The number of rotatable bonds is 8. The standard InChI is InChI=1S/C14H28N4O3/c1-6-15-14(16-10-9-13(20)21-5)17(4)11-12(19)18(7-2)8-3/h6-11H2,1-5H3,(H,15,16). The molecule has 0 aliphatic carbocycles. The zero-order valence-corrected chi connectivity index (χ0v) is 13.8. The van der Waals surface area contributed by atoms with Gasteiger partial charge in [-0.3, -0.25) is 14.6 Å². The third kappa shape index (κ3) is 7.53. The molecule has 0 rings (SSSR count). The smallest absolute Gasteiger partial charge is 0.307 e. The Hall–Kier alpha value is -1.79. The average Bonchev–Trinajstić information content (AvgIpc) is 2.47. The summed E-state index contributed by atoms with van der Waals surface area (Å²) in [6.07, 6.45) is 0.225. The molecular formula is C14H28N4O3. The van der Waals surface area contributed by atoms with E-state index in [-0.39, 0.29) is 24.8 Å². The molecule has 0 saturated carbocycles. The number of carbonyl (C=O) groups is 2. The van der Waals surface area contributed by atoms with Gasteiger partial charge in [-0.1, -0.05) is 0 Å². The molecule has 0 heterocycles. The first-order valence-corrected chi connectivity index (χ1v) is 7.34. The van der Waals surface area contributed by atoms with Gasteiger partial charge >= 0.3 is 5.97 Å². The van der Waals surface area contributed by atoms with Crippen molar-refractivity contribution in [3.8, 4) is 0 Å². The van der Waals surface area contributed by atoms with Crippen LogP contribution in [0.1, 0.15) is 27.2 Å². The van der Waals surface area contributed by atoms with Gasteiger partial charge in [-0.25, -0.2) is 0 Å². The Morgan fingerprint density at radius 3 is 2.29 bits per heavy atom. The Morgan fingerprint density at radius 2 is 1.81 bits per heavy atom. The van der Waals surface area contributed by atoms with Gasteiger partial charge in [0.2, 0.25) is 5.91 Å². The molecule has 0 bridgehead atoms. The molecule has 0 aliphatic rings. The van der Waals surface area contributed by atoms with E-state index >= 15 is 0 Å². The van der Waals surface area contributed by atoms with Crippen molar-refractivity contribution >= 4 is 17.8 Å². The van der Waals surface area contributed by atoms with Crippen LogP contribution >= 0.6 is 0 Å². The molecule has 0 radical (unpaired) electrons. The first-order chi connectivity index (χ1) is 9.99. The maximum Gasteiger partial charge on any atom is 0.307 e. The Morgan fingerprint density at radius 1 is 1.19 bits per heavy atom. The van der Waals surface area contributed by atoms with Crippen molar-refractivity contribution in [3.05, 3.63) is 0 Å². The quantitative estimate of drug-likeness (QED) is 0.397. The molecule has 122 valence electrons. The second-order valence-corrected chi connectivity index (χ2v) is 4.48. The number of likely N-dealkylation sites (N-methyl/N-ethyl adjacent to an activating group) is 2. The van der Waals surface area contributed by atoms with Gasteiger partial charge in [0.05, 0.1) is 26.6 Å². The molecule has 7 nitrogen and oxygen atoms in total. The van der Waals surface area contributed by atoms with Crippen molar-refractivity contribution < 1.29 is 14.3 Å². The fourth-order valence-electron chi connectivity index (χ4n) is 1.78. The number of aliphatic imine (C=N–C) groups is 1. The number of esters is 1. The number of hydrogen-bond donors (Lipinski definition) is 1. The van der Waals surface area contributed by atoms with Gasteiger partial charge in [-0.2, -0.15) is 0 Å². The van der Waals surface area contributed by atoms with E-state index in [1.54, 1.807) is 16.8 Å². The Bertz CT molecular complexity index is 354. The molecule has 0 aromatic carbocycles. The second kappa shape index (κ2) is 10.9. The summed E-state index contributed by atoms with van der Waals surface area (Å²) in [6, 6.07) is 0. The summed E-state index contributed by atoms with van der Waals surface area (Å²) in [4.78, 5) is 31.0. The molecule has 0 aliphatic heterocycles. The van der Waals surface area contributed by atoms with Crippen molar-refractivity contribution in [1.82, 2.24) is 15.1 Å². The molecule has 0 atom stereocenters. The van der Waals surface area contributed by atoms with Crippen molar-refractivity contribution in [1.29, 1.82) is 0 Å². The minimum atomic E-state index is -0.295. The lowest BCUT2D eigenvalue weighted by Crippen LogP contribution is -2.45. The Labute approximate surface area is 127 Å². The largest absolute Gasteiger partial charge is 0.469 e. The van der Waals surface area contributed by atoms with E-state index in [0.717, 1.165) is 0 Å². The third-order valence-corrected chi connectivity index (χ3v) is 2.99. The summed E-state index contributed by atoms with van der Waals surface area (Å²) < 4.78 is 4.57. The highest BCUT2D eigenvalue weighted by atomic mass is 16.5. The fraction of sp³-hybridized carbons (Fsp3) is 0.786. The van der Waals surface area contributed by atoms with E-state index in [1.165, 1.54) is 7.11 Å². The van der Waals surface area contributed by atoms with Crippen LogP contribution in [0.3, 0.4) is 0 Å². The van der Waals surface area contributed by atoms with Crippen LogP contribution in [0.25, 0.3) is 0 Å². The second-order valence-electron chi connectivity index (χ2n) is 4.48. The van der Waals surface area contributed by atoms with E-state index in [4.69, 9.17) is 0 Å². The molecule has 1 N–H and O–H groups in total. The number of carbonyl (C=O) groups excluding carboxylic acids is 2. The molecule has 0 fully saturated rings. The number of methoxy groups -OCH3 is 1. The summed E-state index contributed by atoms with van der Waals surface area (Å²) in [5.74, 6) is 0.374. The minimum absolute atomic E-state index is 0.0565. The van der Waals surface area contributed by atoms with Crippen LogP contribution in [0.15, 0.2) is 4.99 Å². The number of nitrogens with zero attached hydrogens (tertiary/aromatic N) is 3. The highest BCUT2D eigenvalue weighted by molar-refractivity contribution is 5.86. The van der Waals surface area contributed by atoms with Crippen molar-refractivity contribution in [2.45, 2.75) is 27.2 Å². The highest BCUT2D eigenvalue weighted by Crippen LogP contribution is 1.95. The van der Waals surface area contributed by atoms with Crippen LogP contribution < -0.4 is 5.32 Å². The fourth-order valence-corrected chi connectivity index (χ4v) is 1.78. The lowest BCUT2D eigenvalue weighted by Gasteiger charge is -2.25. The summed E-state index contributed by atoms with van der Waals surface area (Å²) >= 11 is 0. The lowest BCUT2D eigenvalue weighted by molar-refractivity contribution is -0.140. The number of guanidine groups is 1. The topological polar surface area (TPSA) is 74.2 Å². The molecule has 0 unspecified atom stereocenters. The minimum Gasteiger partial charge on any atom is -0.469 e. The van der Waals surface area contributed by atoms with Gasteiger partial charge in [0.15, 0.2) is 5.96 Å². The predicted molar refractivity (Wildman–Crippen MR) is 83.2 cm³/mol. The Kier molecular flexibility index (Phi) is 10.0. The molecule has 0 saturated heterocycles. The summed E-state index contributed by atoms with van der Waals surface area (Å²) in [5, 5.41) is 3.11. The number of hydrogen-bond acceptors (Lipinski definition) is 4. The van der Waals surface area contributed by atoms with Crippen molar-refractivity contribution in [2.75, 3.05) is 46.9 Å². The van der Waals surface area contributed by atoms with Gasteiger partial charge in [0.25, 0.3) is 0 Å². The van der Waals surface area contributed by atoms with E-state index in [1.807, 2.05) is 20.8 Å².